The summed E-state index contributed by atoms with van der Waals surface area (Å²) in [6.07, 6.45) is 3.30. The number of amides is 2. The molecular formula is C19H24N4O5. The maximum absolute atomic E-state index is 12.5. The Hall–Kier alpha value is -2.91. The van der Waals surface area contributed by atoms with Gasteiger partial charge in [0.25, 0.3) is 0 Å². The first kappa shape index (κ1) is 19.8. The summed E-state index contributed by atoms with van der Waals surface area (Å²) in [6.45, 7) is 0.101. The van der Waals surface area contributed by atoms with E-state index in [2.05, 4.69) is 20.9 Å². The number of carbonyl (C=O) groups excluding carboxylic acids is 2. The smallest absolute Gasteiger partial charge is 0.326 e. The summed E-state index contributed by atoms with van der Waals surface area (Å²) in [5.41, 5.74) is 1.63. The number of aliphatic hydroxyl groups is 1. The van der Waals surface area contributed by atoms with Crippen molar-refractivity contribution in [1.29, 1.82) is 0 Å². The molecule has 0 radical (unpaired) electrons. The molecule has 2 aromatic rings. The second kappa shape index (κ2) is 8.85. The standard InChI is InChI=1S/C19H24N4O5/c24-10-16(23-17(25)14-6-3-7-20-14)18(26)22-15(19(27)28)8-11-9-21-13-5-2-1-4-12(11)13/h1-2,4-5,9,14-16,20-21,24H,3,6-8,10H2,(H,22,26)(H,23,25)(H,27,28). The van der Waals surface area contributed by atoms with E-state index in [1.807, 2.05) is 24.3 Å². The number of hydrogen-bond acceptors (Lipinski definition) is 5. The fourth-order valence-electron chi connectivity index (χ4n) is 3.37. The number of para-hydroxylation sites is 1. The second-order valence-electron chi connectivity index (χ2n) is 6.86. The van der Waals surface area contributed by atoms with Crippen LogP contribution in [0.4, 0.5) is 0 Å². The van der Waals surface area contributed by atoms with Crippen LogP contribution < -0.4 is 16.0 Å². The first-order valence-corrected chi connectivity index (χ1v) is 9.22. The summed E-state index contributed by atoms with van der Waals surface area (Å²) >= 11 is 0. The number of aromatic nitrogens is 1. The average Bonchev–Trinajstić information content (AvgIpc) is 3.35. The largest absolute Gasteiger partial charge is 0.480 e. The zero-order valence-corrected chi connectivity index (χ0v) is 15.3. The highest BCUT2D eigenvalue weighted by molar-refractivity contribution is 5.92. The molecule has 3 atom stereocenters. The number of carboxylic acid groups (broad SMARTS) is 1. The number of carbonyl (C=O) groups is 3. The van der Waals surface area contributed by atoms with Gasteiger partial charge < -0.3 is 31.1 Å². The lowest BCUT2D eigenvalue weighted by atomic mass is 10.0. The van der Waals surface area contributed by atoms with Crippen LogP contribution in [0, 0.1) is 0 Å². The van der Waals surface area contributed by atoms with Crippen LogP contribution in [-0.2, 0) is 20.8 Å². The molecule has 0 spiro atoms. The summed E-state index contributed by atoms with van der Waals surface area (Å²) in [6, 6.07) is 4.66. The molecule has 0 bridgehead atoms. The van der Waals surface area contributed by atoms with Crippen LogP contribution in [0.15, 0.2) is 30.5 Å². The molecule has 0 aliphatic carbocycles. The van der Waals surface area contributed by atoms with Gasteiger partial charge in [-0.2, -0.15) is 0 Å². The molecular weight excluding hydrogens is 364 g/mol. The Labute approximate surface area is 161 Å². The van der Waals surface area contributed by atoms with Crippen molar-refractivity contribution in [1.82, 2.24) is 20.9 Å². The van der Waals surface area contributed by atoms with Crippen LogP contribution >= 0.6 is 0 Å². The third kappa shape index (κ3) is 4.49. The zero-order chi connectivity index (χ0) is 20.1. The summed E-state index contributed by atoms with van der Waals surface area (Å²) < 4.78 is 0. The molecule has 6 N–H and O–H groups in total. The van der Waals surface area contributed by atoms with Crippen molar-refractivity contribution < 1.29 is 24.6 Å². The van der Waals surface area contributed by atoms with Gasteiger partial charge in [0.05, 0.1) is 12.6 Å². The average molecular weight is 388 g/mol. The van der Waals surface area contributed by atoms with Crippen LogP contribution in [0.3, 0.4) is 0 Å². The Morgan fingerprint density at radius 1 is 1.18 bits per heavy atom. The van der Waals surface area contributed by atoms with Crippen molar-refractivity contribution in [2.45, 2.75) is 37.4 Å². The van der Waals surface area contributed by atoms with Gasteiger partial charge in [-0.3, -0.25) is 9.59 Å². The van der Waals surface area contributed by atoms with Gasteiger partial charge in [-0.05, 0) is 31.0 Å². The van der Waals surface area contributed by atoms with Crippen molar-refractivity contribution in [2.24, 2.45) is 0 Å². The molecule has 28 heavy (non-hydrogen) atoms. The summed E-state index contributed by atoms with van der Waals surface area (Å²) in [4.78, 5) is 39.3. The molecule has 1 aromatic heterocycles. The Balaban J connectivity index is 1.65. The van der Waals surface area contributed by atoms with Gasteiger partial charge in [0.2, 0.25) is 11.8 Å². The number of aromatic amines is 1. The van der Waals surface area contributed by atoms with E-state index in [1.165, 1.54) is 0 Å². The zero-order valence-electron chi connectivity index (χ0n) is 15.3. The van der Waals surface area contributed by atoms with E-state index in [4.69, 9.17) is 0 Å². The van der Waals surface area contributed by atoms with Crippen molar-refractivity contribution in [3.63, 3.8) is 0 Å². The molecule has 0 saturated carbocycles. The minimum atomic E-state index is -1.21. The quantitative estimate of drug-likeness (QED) is 0.360. The maximum Gasteiger partial charge on any atom is 0.326 e. The minimum Gasteiger partial charge on any atom is -0.480 e. The van der Waals surface area contributed by atoms with Crippen LogP contribution in [0.25, 0.3) is 10.9 Å². The van der Waals surface area contributed by atoms with Gasteiger partial charge in [-0.1, -0.05) is 18.2 Å². The van der Waals surface area contributed by atoms with Crippen molar-refractivity contribution >= 4 is 28.7 Å². The van der Waals surface area contributed by atoms with Gasteiger partial charge >= 0.3 is 5.97 Å². The highest BCUT2D eigenvalue weighted by Crippen LogP contribution is 2.19. The molecule has 1 fully saturated rings. The summed E-state index contributed by atoms with van der Waals surface area (Å²) in [5, 5.41) is 27.8. The SMILES string of the molecule is O=C(O)C(Cc1c[nH]c2ccccc12)NC(=O)C(CO)NC(=O)C1CCCN1. The molecule has 1 aliphatic rings. The van der Waals surface area contributed by atoms with Crippen LogP contribution in [0.2, 0.25) is 0 Å². The highest BCUT2D eigenvalue weighted by Gasteiger charge is 2.29. The summed E-state index contributed by atoms with van der Waals surface area (Å²) in [7, 11) is 0. The normalized spacial score (nSPS) is 18.5. The van der Waals surface area contributed by atoms with Crippen molar-refractivity contribution in [2.75, 3.05) is 13.2 Å². The second-order valence-corrected chi connectivity index (χ2v) is 6.86. The number of carboxylic acids is 1. The number of aliphatic hydroxyl groups excluding tert-OH is 1. The number of H-pyrrole nitrogens is 1. The number of hydrogen-bond donors (Lipinski definition) is 6. The number of fused-ring (bicyclic) bond motifs is 1. The molecule has 150 valence electrons. The van der Waals surface area contributed by atoms with Crippen LogP contribution in [-0.4, -0.2) is 64.3 Å². The summed E-state index contributed by atoms with van der Waals surface area (Å²) in [5.74, 6) is -2.31. The van der Waals surface area contributed by atoms with Gasteiger partial charge in [-0.15, -0.1) is 0 Å². The minimum absolute atomic E-state index is 0.0708. The third-order valence-corrected chi connectivity index (χ3v) is 4.91. The molecule has 3 rings (SSSR count). The maximum atomic E-state index is 12.5. The predicted molar refractivity (Wildman–Crippen MR) is 102 cm³/mol. The Bertz CT molecular complexity index is 859. The molecule has 1 aliphatic heterocycles. The van der Waals surface area contributed by atoms with Gasteiger partial charge in [0.1, 0.15) is 12.1 Å². The highest BCUT2D eigenvalue weighted by atomic mass is 16.4. The predicted octanol–water partition coefficient (Wildman–Crippen LogP) is -0.491. The van der Waals surface area contributed by atoms with Crippen LogP contribution in [0.5, 0.6) is 0 Å². The van der Waals surface area contributed by atoms with Gasteiger partial charge in [0.15, 0.2) is 0 Å². The van der Waals surface area contributed by atoms with Crippen molar-refractivity contribution in [3.05, 3.63) is 36.0 Å². The van der Waals surface area contributed by atoms with E-state index in [9.17, 15) is 24.6 Å². The van der Waals surface area contributed by atoms with Gasteiger partial charge in [-0.25, -0.2) is 4.79 Å². The van der Waals surface area contributed by atoms with E-state index in [-0.39, 0.29) is 12.3 Å². The monoisotopic (exact) mass is 388 g/mol. The van der Waals surface area contributed by atoms with Crippen molar-refractivity contribution in [3.8, 4) is 0 Å². The molecule has 2 heterocycles. The molecule has 9 heteroatoms. The van der Waals surface area contributed by atoms with Gasteiger partial charge in [0, 0.05) is 23.5 Å². The molecule has 9 nitrogen and oxygen atoms in total. The number of nitrogens with one attached hydrogen (secondary N) is 4. The van der Waals surface area contributed by atoms with E-state index < -0.39 is 36.6 Å². The first-order chi connectivity index (χ1) is 13.5. The molecule has 1 saturated heterocycles. The lowest BCUT2D eigenvalue weighted by Crippen LogP contribution is -2.56. The molecule has 2 amide bonds. The third-order valence-electron chi connectivity index (χ3n) is 4.91. The van der Waals surface area contributed by atoms with Crippen LogP contribution in [0.1, 0.15) is 18.4 Å². The first-order valence-electron chi connectivity index (χ1n) is 9.22. The lowest BCUT2D eigenvalue weighted by Gasteiger charge is -2.21. The number of benzene rings is 1. The Morgan fingerprint density at radius 3 is 2.64 bits per heavy atom. The fourth-order valence-corrected chi connectivity index (χ4v) is 3.37. The van der Waals surface area contributed by atoms with E-state index in [0.717, 1.165) is 29.4 Å². The fraction of sp³-hybridized carbons (Fsp3) is 0.421. The number of rotatable bonds is 8. The Morgan fingerprint density at radius 2 is 1.96 bits per heavy atom. The van der Waals surface area contributed by atoms with E-state index in [0.29, 0.717) is 6.42 Å². The Kier molecular flexibility index (Phi) is 6.27. The molecule has 1 aromatic carbocycles. The lowest BCUT2D eigenvalue weighted by molar-refractivity contribution is -0.142. The topological polar surface area (TPSA) is 144 Å². The van der Waals surface area contributed by atoms with E-state index in [1.54, 1.807) is 6.20 Å². The number of aliphatic carboxylic acids is 1. The molecule has 3 unspecified atom stereocenters. The van der Waals surface area contributed by atoms with E-state index >= 15 is 0 Å².